The summed E-state index contributed by atoms with van der Waals surface area (Å²) in [6, 6.07) is 6.96. The van der Waals surface area contributed by atoms with Crippen molar-refractivity contribution < 1.29 is 17.9 Å². The van der Waals surface area contributed by atoms with Crippen molar-refractivity contribution >= 4 is 0 Å². The monoisotopic (exact) mass is 289 g/mol. The van der Waals surface area contributed by atoms with Crippen molar-refractivity contribution in [3.8, 4) is 5.75 Å². The van der Waals surface area contributed by atoms with Gasteiger partial charge in [-0.25, -0.2) is 0 Å². The van der Waals surface area contributed by atoms with Crippen LogP contribution in [0.3, 0.4) is 0 Å². The molecular weight excluding hydrogens is 267 g/mol. The number of halogens is 3. The minimum Gasteiger partial charge on any atom is -0.494 e. The maximum atomic E-state index is 12.3. The van der Waals surface area contributed by atoms with E-state index in [4.69, 9.17) is 4.74 Å². The molecule has 2 nitrogen and oxygen atoms in total. The quantitative estimate of drug-likeness (QED) is 0.713. The maximum Gasteiger partial charge on any atom is 0.389 e. The van der Waals surface area contributed by atoms with Crippen LogP contribution in [0.5, 0.6) is 5.75 Å². The third-order valence-electron chi connectivity index (χ3n) is 3.11. The minimum atomic E-state index is -4.11. The van der Waals surface area contributed by atoms with E-state index >= 15 is 0 Å². The zero-order chi connectivity index (χ0) is 15.0. The van der Waals surface area contributed by atoms with Crippen LogP contribution >= 0.6 is 0 Å². The van der Waals surface area contributed by atoms with Crippen LogP contribution in [0.2, 0.25) is 0 Å². The molecule has 1 atom stereocenters. The summed E-state index contributed by atoms with van der Waals surface area (Å²) >= 11 is 0. The van der Waals surface area contributed by atoms with Gasteiger partial charge in [0.1, 0.15) is 5.75 Å². The largest absolute Gasteiger partial charge is 0.494 e. The summed E-state index contributed by atoms with van der Waals surface area (Å²) in [5.74, 6) is 0.757. The number of unbranched alkanes of at least 4 members (excludes halogenated alkanes) is 1. The van der Waals surface area contributed by atoms with Gasteiger partial charge in [-0.2, -0.15) is 13.2 Å². The van der Waals surface area contributed by atoms with Crippen LogP contribution in [-0.2, 0) is 0 Å². The zero-order valence-electron chi connectivity index (χ0n) is 12.0. The van der Waals surface area contributed by atoms with Gasteiger partial charge in [-0.3, -0.25) is 0 Å². The molecule has 0 saturated carbocycles. The Kier molecular flexibility index (Phi) is 6.85. The summed E-state index contributed by atoms with van der Waals surface area (Å²) in [6.45, 7) is 2.75. The predicted octanol–water partition coefficient (Wildman–Crippen LogP) is 4.47. The van der Waals surface area contributed by atoms with E-state index in [1.165, 1.54) is 0 Å². The lowest BCUT2D eigenvalue weighted by molar-refractivity contribution is -0.136. The number of alkyl halides is 3. The van der Waals surface area contributed by atoms with Crippen LogP contribution in [0.1, 0.15) is 44.2 Å². The van der Waals surface area contributed by atoms with Crippen molar-refractivity contribution in [2.75, 3.05) is 13.7 Å². The molecule has 0 spiro atoms. The van der Waals surface area contributed by atoms with Gasteiger partial charge in [-0.1, -0.05) is 25.5 Å². The van der Waals surface area contributed by atoms with Gasteiger partial charge >= 0.3 is 6.18 Å². The Balaban J connectivity index is 2.55. The molecule has 0 radical (unpaired) electrons. The number of rotatable bonds is 8. The van der Waals surface area contributed by atoms with Crippen LogP contribution in [0.15, 0.2) is 24.3 Å². The molecule has 20 heavy (non-hydrogen) atoms. The van der Waals surface area contributed by atoms with Gasteiger partial charge in [0, 0.05) is 12.5 Å². The minimum absolute atomic E-state index is 0.0377. The first-order valence-corrected chi connectivity index (χ1v) is 6.93. The number of ether oxygens (including phenoxy) is 1. The van der Waals surface area contributed by atoms with Crippen molar-refractivity contribution in [2.45, 2.75) is 44.8 Å². The predicted molar refractivity (Wildman–Crippen MR) is 73.9 cm³/mol. The second kappa shape index (κ2) is 8.15. The standard InChI is InChI=1S/C15H22F3NO/c1-3-4-11-20-13-7-5-12(6-8-13)14(19-2)9-10-15(16,17)18/h5-8,14,19H,3-4,9-11H2,1-2H3. The fourth-order valence-electron chi connectivity index (χ4n) is 1.92. The van der Waals surface area contributed by atoms with E-state index in [0.717, 1.165) is 24.2 Å². The molecule has 1 aromatic carbocycles. The molecule has 1 aromatic rings. The van der Waals surface area contributed by atoms with E-state index in [-0.39, 0.29) is 12.5 Å². The highest BCUT2D eigenvalue weighted by Crippen LogP contribution is 2.28. The van der Waals surface area contributed by atoms with Crippen molar-refractivity contribution in [2.24, 2.45) is 0 Å². The van der Waals surface area contributed by atoms with Crippen molar-refractivity contribution in [1.29, 1.82) is 0 Å². The highest BCUT2D eigenvalue weighted by molar-refractivity contribution is 5.29. The van der Waals surface area contributed by atoms with Gasteiger partial charge in [0.05, 0.1) is 6.61 Å². The van der Waals surface area contributed by atoms with Gasteiger partial charge in [-0.15, -0.1) is 0 Å². The summed E-state index contributed by atoms with van der Waals surface area (Å²) in [6.07, 6.45) is -2.80. The molecule has 0 aromatic heterocycles. The first kappa shape index (κ1) is 16.8. The van der Waals surface area contributed by atoms with E-state index < -0.39 is 12.6 Å². The van der Waals surface area contributed by atoms with Crippen molar-refractivity contribution in [3.05, 3.63) is 29.8 Å². The number of hydrogen-bond donors (Lipinski definition) is 1. The number of nitrogens with one attached hydrogen (secondary N) is 1. The molecule has 1 N–H and O–H groups in total. The fraction of sp³-hybridized carbons (Fsp3) is 0.600. The molecule has 5 heteroatoms. The Hall–Kier alpha value is -1.23. The Labute approximate surface area is 118 Å². The van der Waals surface area contributed by atoms with Gasteiger partial charge < -0.3 is 10.1 Å². The van der Waals surface area contributed by atoms with Gasteiger partial charge in [-0.05, 0) is 37.6 Å². The molecule has 0 saturated heterocycles. The summed E-state index contributed by atoms with van der Waals surface area (Å²) in [7, 11) is 1.67. The van der Waals surface area contributed by atoms with Gasteiger partial charge in [0.2, 0.25) is 0 Å². The average Bonchev–Trinajstić information content (AvgIpc) is 2.40. The Morgan fingerprint density at radius 1 is 1.20 bits per heavy atom. The molecule has 0 heterocycles. The lowest BCUT2D eigenvalue weighted by Gasteiger charge is -2.18. The molecule has 0 fully saturated rings. The second-order valence-corrected chi connectivity index (χ2v) is 4.77. The average molecular weight is 289 g/mol. The first-order valence-electron chi connectivity index (χ1n) is 6.93. The van der Waals surface area contributed by atoms with Gasteiger partial charge in [0.25, 0.3) is 0 Å². The van der Waals surface area contributed by atoms with Crippen LogP contribution in [0, 0.1) is 0 Å². The van der Waals surface area contributed by atoms with E-state index in [2.05, 4.69) is 12.2 Å². The van der Waals surface area contributed by atoms with Crippen LogP contribution in [-0.4, -0.2) is 19.8 Å². The number of benzene rings is 1. The van der Waals surface area contributed by atoms with Gasteiger partial charge in [0.15, 0.2) is 0 Å². The zero-order valence-corrected chi connectivity index (χ0v) is 12.0. The third-order valence-corrected chi connectivity index (χ3v) is 3.11. The van der Waals surface area contributed by atoms with Crippen molar-refractivity contribution in [1.82, 2.24) is 5.32 Å². The molecule has 0 amide bonds. The Morgan fingerprint density at radius 3 is 2.35 bits per heavy atom. The molecule has 0 aliphatic carbocycles. The summed E-state index contributed by atoms with van der Waals surface area (Å²) in [5.41, 5.74) is 0.847. The highest BCUT2D eigenvalue weighted by atomic mass is 19.4. The second-order valence-electron chi connectivity index (χ2n) is 4.77. The van der Waals surface area contributed by atoms with Crippen LogP contribution in [0.25, 0.3) is 0 Å². The Bertz CT molecular complexity index is 376. The Morgan fingerprint density at radius 2 is 1.85 bits per heavy atom. The smallest absolute Gasteiger partial charge is 0.389 e. The van der Waals surface area contributed by atoms with E-state index in [9.17, 15) is 13.2 Å². The molecular formula is C15H22F3NO. The lowest BCUT2D eigenvalue weighted by Crippen LogP contribution is -2.19. The first-order chi connectivity index (χ1) is 9.46. The molecule has 1 unspecified atom stereocenters. The van der Waals surface area contributed by atoms with Crippen LogP contribution < -0.4 is 10.1 Å². The molecule has 1 rings (SSSR count). The van der Waals surface area contributed by atoms with E-state index in [0.29, 0.717) is 6.61 Å². The van der Waals surface area contributed by atoms with E-state index in [1.54, 1.807) is 7.05 Å². The molecule has 114 valence electrons. The molecule has 0 bridgehead atoms. The number of hydrogen-bond acceptors (Lipinski definition) is 2. The van der Waals surface area contributed by atoms with Crippen molar-refractivity contribution in [3.63, 3.8) is 0 Å². The van der Waals surface area contributed by atoms with E-state index in [1.807, 2.05) is 24.3 Å². The lowest BCUT2D eigenvalue weighted by atomic mass is 10.0. The normalized spacial score (nSPS) is 13.2. The van der Waals surface area contributed by atoms with Crippen LogP contribution in [0.4, 0.5) is 13.2 Å². The fourth-order valence-corrected chi connectivity index (χ4v) is 1.92. The SMILES string of the molecule is CCCCOc1ccc(C(CCC(F)(F)F)NC)cc1. The maximum absolute atomic E-state index is 12.3. The summed E-state index contributed by atoms with van der Waals surface area (Å²) < 4.78 is 42.3. The topological polar surface area (TPSA) is 21.3 Å². The summed E-state index contributed by atoms with van der Waals surface area (Å²) in [5, 5.41) is 2.92. The molecule has 0 aliphatic rings. The highest BCUT2D eigenvalue weighted by Gasteiger charge is 2.28. The molecule has 0 aliphatic heterocycles. The summed E-state index contributed by atoms with van der Waals surface area (Å²) in [4.78, 5) is 0. The third kappa shape index (κ3) is 6.28.